The van der Waals surface area contributed by atoms with E-state index in [2.05, 4.69) is 10.3 Å². The van der Waals surface area contributed by atoms with E-state index in [1.807, 2.05) is 30.3 Å². The van der Waals surface area contributed by atoms with E-state index in [1.165, 1.54) is 0 Å². The van der Waals surface area contributed by atoms with Crippen molar-refractivity contribution in [2.45, 2.75) is 6.42 Å². The second kappa shape index (κ2) is 7.14. The van der Waals surface area contributed by atoms with E-state index >= 15 is 0 Å². The maximum atomic E-state index is 12.6. The minimum atomic E-state index is -0.397. The summed E-state index contributed by atoms with van der Waals surface area (Å²) in [6, 6.07) is 16.4. The predicted molar refractivity (Wildman–Crippen MR) is 98.2 cm³/mol. The lowest BCUT2D eigenvalue weighted by atomic mass is 10.1. The molecular formula is C18H16N4O2S. The SMILES string of the molecule is NC(=O)Cc1ccc(NC(=O)c2c[nH]c(=S)n2-c2ccccc2)cc1. The van der Waals surface area contributed by atoms with Gasteiger partial charge in [-0.25, -0.2) is 0 Å². The van der Waals surface area contributed by atoms with Crippen LogP contribution in [0.3, 0.4) is 0 Å². The predicted octanol–water partition coefficient (Wildman–Crippen LogP) is 2.81. The number of rotatable bonds is 5. The molecule has 3 aromatic rings. The summed E-state index contributed by atoms with van der Waals surface area (Å²) in [6.45, 7) is 0. The molecular weight excluding hydrogens is 336 g/mol. The molecule has 0 unspecified atom stereocenters. The van der Waals surface area contributed by atoms with Crippen molar-refractivity contribution < 1.29 is 9.59 Å². The van der Waals surface area contributed by atoms with Crippen LogP contribution in [0, 0.1) is 4.77 Å². The van der Waals surface area contributed by atoms with Gasteiger partial charge in [0, 0.05) is 17.6 Å². The van der Waals surface area contributed by atoms with Gasteiger partial charge in [0.1, 0.15) is 5.69 Å². The Bertz CT molecular complexity index is 959. The van der Waals surface area contributed by atoms with Gasteiger partial charge < -0.3 is 16.0 Å². The average Bonchev–Trinajstić information content (AvgIpc) is 2.99. The first-order valence-electron chi connectivity index (χ1n) is 7.59. The first kappa shape index (κ1) is 16.7. The van der Waals surface area contributed by atoms with Gasteiger partial charge in [0.05, 0.1) is 6.42 Å². The van der Waals surface area contributed by atoms with Crippen molar-refractivity contribution in [3.05, 3.63) is 76.8 Å². The van der Waals surface area contributed by atoms with Gasteiger partial charge in [0.15, 0.2) is 4.77 Å². The summed E-state index contributed by atoms with van der Waals surface area (Å²) in [5.41, 5.74) is 7.78. The molecule has 2 aromatic carbocycles. The number of aromatic nitrogens is 2. The van der Waals surface area contributed by atoms with Gasteiger partial charge in [-0.1, -0.05) is 30.3 Å². The lowest BCUT2D eigenvalue weighted by Gasteiger charge is -2.09. The summed E-state index contributed by atoms with van der Waals surface area (Å²) in [5, 5.41) is 2.82. The number of aromatic amines is 1. The summed E-state index contributed by atoms with van der Waals surface area (Å²) in [6.07, 6.45) is 1.74. The van der Waals surface area contributed by atoms with Crippen LogP contribution in [0.5, 0.6) is 0 Å². The molecule has 0 atom stereocenters. The molecule has 3 rings (SSSR count). The van der Waals surface area contributed by atoms with Crippen LogP contribution in [0.25, 0.3) is 5.69 Å². The van der Waals surface area contributed by atoms with Crippen LogP contribution in [-0.4, -0.2) is 21.4 Å². The molecule has 0 radical (unpaired) electrons. The first-order chi connectivity index (χ1) is 12.0. The van der Waals surface area contributed by atoms with Gasteiger partial charge in [-0.15, -0.1) is 0 Å². The smallest absolute Gasteiger partial charge is 0.274 e. The monoisotopic (exact) mass is 352 g/mol. The number of carbonyl (C=O) groups is 2. The minimum Gasteiger partial charge on any atom is -0.369 e. The lowest BCUT2D eigenvalue weighted by molar-refractivity contribution is -0.117. The van der Waals surface area contributed by atoms with Crippen LogP contribution in [0.2, 0.25) is 0 Å². The number of para-hydroxylation sites is 1. The summed E-state index contributed by atoms with van der Waals surface area (Å²) in [7, 11) is 0. The fraction of sp³-hybridized carbons (Fsp3) is 0.0556. The summed E-state index contributed by atoms with van der Waals surface area (Å²) < 4.78 is 2.11. The molecule has 6 nitrogen and oxygen atoms in total. The van der Waals surface area contributed by atoms with Crippen LogP contribution in [0.4, 0.5) is 5.69 Å². The maximum Gasteiger partial charge on any atom is 0.274 e. The number of H-pyrrole nitrogens is 1. The number of primary amides is 1. The van der Waals surface area contributed by atoms with Crippen LogP contribution in [0.15, 0.2) is 60.8 Å². The van der Waals surface area contributed by atoms with E-state index in [0.29, 0.717) is 16.2 Å². The first-order valence-corrected chi connectivity index (χ1v) is 8.00. The average molecular weight is 352 g/mol. The number of anilines is 1. The highest BCUT2D eigenvalue weighted by Gasteiger charge is 2.14. The largest absolute Gasteiger partial charge is 0.369 e. The van der Waals surface area contributed by atoms with Gasteiger partial charge in [0.25, 0.3) is 5.91 Å². The normalized spacial score (nSPS) is 10.4. The highest BCUT2D eigenvalue weighted by Crippen LogP contribution is 2.15. The lowest BCUT2D eigenvalue weighted by Crippen LogP contribution is -2.16. The quantitative estimate of drug-likeness (QED) is 0.617. The number of hydrogen-bond donors (Lipinski definition) is 3. The van der Waals surface area contributed by atoms with Crippen molar-refractivity contribution in [1.29, 1.82) is 0 Å². The standard InChI is InChI=1S/C18H16N4O2S/c19-16(23)10-12-6-8-13(9-7-12)21-17(24)15-11-20-18(25)22(15)14-4-2-1-3-5-14/h1-9,11H,10H2,(H2,19,23)(H,20,25)(H,21,24). The summed E-state index contributed by atoms with van der Waals surface area (Å²) in [4.78, 5) is 26.4. The van der Waals surface area contributed by atoms with E-state index in [0.717, 1.165) is 11.3 Å². The van der Waals surface area contributed by atoms with E-state index < -0.39 is 5.91 Å². The molecule has 0 fully saturated rings. The Kier molecular flexibility index (Phi) is 4.76. The summed E-state index contributed by atoms with van der Waals surface area (Å²) in [5.74, 6) is -0.690. The molecule has 0 saturated carbocycles. The topological polar surface area (TPSA) is 92.9 Å². The van der Waals surface area contributed by atoms with Gasteiger partial charge in [-0.05, 0) is 42.0 Å². The van der Waals surface area contributed by atoms with Crippen LogP contribution < -0.4 is 11.1 Å². The molecule has 7 heteroatoms. The number of imidazole rings is 1. The Morgan fingerprint density at radius 3 is 2.40 bits per heavy atom. The molecule has 0 aliphatic heterocycles. The van der Waals surface area contributed by atoms with Gasteiger partial charge in [0.2, 0.25) is 5.91 Å². The number of benzene rings is 2. The molecule has 0 saturated heterocycles. The molecule has 2 amide bonds. The van der Waals surface area contributed by atoms with E-state index in [4.69, 9.17) is 18.0 Å². The van der Waals surface area contributed by atoms with E-state index in [9.17, 15) is 9.59 Å². The van der Waals surface area contributed by atoms with Crippen molar-refractivity contribution in [3.8, 4) is 5.69 Å². The highest BCUT2D eigenvalue weighted by molar-refractivity contribution is 7.71. The molecule has 4 N–H and O–H groups in total. The number of hydrogen-bond acceptors (Lipinski definition) is 3. The van der Waals surface area contributed by atoms with Gasteiger partial charge in [-0.2, -0.15) is 0 Å². The fourth-order valence-electron chi connectivity index (χ4n) is 2.47. The van der Waals surface area contributed by atoms with Crippen molar-refractivity contribution >= 4 is 29.7 Å². The molecule has 0 spiro atoms. The second-order valence-corrected chi connectivity index (χ2v) is 5.83. The number of carbonyl (C=O) groups excluding carboxylic acids is 2. The number of nitrogens with one attached hydrogen (secondary N) is 2. The number of amides is 2. The number of nitrogens with zero attached hydrogens (tertiary/aromatic N) is 1. The fourth-order valence-corrected chi connectivity index (χ4v) is 2.73. The molecule has 126 valence electrons. The molecule has 1 aromatic heterocycles. The van der Waals surface area contributed by atoms with Crippen molar-refractivity contribution in [3.63, 3.8) is 0 Å². The molecule has 0 bridgehead atoms. The Balaban J connectivity index is 1.83. The molecule has 0 aliphatic carbocycles. The van der Waals surface area contributed by atoms with E-state index in [-0.39, 0.29) is 12.3 Å². The third kappa shape index (κ3) is 3.84. The third-order valence-corrected chi connectivity index (χ3v) is 3.91. The third-order valence-electron chi connectivity index (χ3n) is 3.61. The molecule has 1 heterocycles. The van der Waals surface area contributed by atoms with Gasteiger partial charge >= 0.3 is 0 Å². The van der Waals surface area contributed by atoms with E-state index in [1.54, 1.807) is 35.0 Å². The Hall–Kier alpha value is -3.19. The van der Waals surface area contributed by atoms with Crippen molar-refractivity contribution in [2.24, 2.45) is 5.73 Å². The Labute approximate surface area is 149 Å². The zero-order chi connectivity index (χ0) is 17.8. The summed E-state index contributed by atoms with van der Waals surface area (Å²) >= 11 is 5.28. The highest BCUT2D eigenvalue weighted by atomic mass is 32.1. The zero-order valence-electron chi connectivity index (χ0n) is 13.2. The van der Waals surface area contributed by atoms with Crippen LogP contribution in [-0.2, 0) is 11.2 Å². The van der Waals surface area contributed by atoms with Crippen molar-refractivity contribution in [1.82, 2.24) is 9.55 Å². The Morgan fingerprint density at radius 1 is 1.08 bits per heavy atom. The minimum absolute atomic E-state index is 0.166. The van der Waals surface area contributed by atoms with Crippen molar-refractivity contribution in [2.75, 3.05) is 5.32 Å². The van der Waals surface area contributed by atoms with Crippen LogP contribution >= 0.6 is 12.2 Å². The van der Waals surface area contributed by atoms with Crippen LogP contribution in [0.1, 0.15) is 16.1 Å². The number of nitrogens with two attached hydrogens (primary N) is 1. The molecule has 0 aliphatic rings. The molecule has 25 heavy (non-hydrogen) atoms. The zero-order valence-corrected chi connectivity index (χ0v) is 14.0. The second-order valence-electron chi connectivity index (χ2n) is 5.44. The van der Waals surface area contributed by atoms with Gasteiger partial charge in [-0.3, -0.25) is 14.2 Å². The Morgan fingerprint density at radius 2 is 1.76 bits per heavy atom. The maximum absolute atomic E-state index is 12.6.